The Morgan fingerprint density at radius 3 is 2.52 bits per heavy atom. The van der Waals surface area contributed by atoms with Gasteiger partial charge < -0.3 is 15.5 Å². The van der Waals surface area contributed by atoms with Crippen LogP contribution in [0.5, 0.6) is 0 Å². The van der Waals surface area contributed by atoms with Gasteiger partial charge >= 0.3 is 11.8 Å². The van der Waals surface area contributed by atoms with E-state index in [4.69, 9.17) is 0 Å². The van der Waals surface area contributed by atoms with E-state index in [0.717, 1.165) is 51.1 Å². The molecular formula is C20H29N5O2. The van der Waals surface area contributed by atoms with Crippen LogP contribution in [0.25, 0.3) is 0 Å². The minimum Gasteiger partial charge on any atom is -0.348 e. The summed E-state index contributed by atoms with van der Waals surface area (Å²) in [7, 11) is 0. The Bertz CT molecular complexity index is 654. The molecule has 1 aliphatic heterocycles. The Morgan fingerprint density at radius 2 is 1.81 bits per heavy atom. The maximum Gasteiger partial charge on any atom is 0.309 e. The first-order valence-electron chi connectivity index (χ1n) is 9.98. The summed E-state index contributed by atoms with van der Waals surface area (Å²) in [6.45, 7) is 2.81. The normalized spacial score (nSPS) is 17.9. The molecule has 3 rings (SSSR count). The standard InChI is InChI=1S/C20H29N5O2/c26-18(21-12-7-16-5-2-1-3-6-16)19(27)24-15-17-8-13-25(14-9-17)20-22-10-4-11-23-20/h4-5,10-11,17H,1-3,6-9,12-15H2,(H,21,26)(H,24,27). The van der Waals surface area contributed by atoms with E-state index in [1.54, 1.807) is 12.4 Å². The van der Waals surface area contributed by atoms with Crippen LogP contribution in [-0.2, 0) is 9.59 Å². The minimum atomic E-state index is -0.526. The molecule has 1 saturated heterocycles. The van der Waals surface area contributed by atoms with Crippen LogP contribution in [0.2, 0.25) is 0 Å². The zero-order valence-electron chi connectivity index (χ0n) is 15.8. The molecule has 1 aromatic heterocycles. The van der Waals surface area contributed by atoms with Crippen LogP contribution in [0.4, 0.5) is 5.95 Å². The lowest BCUT2D eigenvalue weighted by Gasteiger charge is -2.31. The molecule has 1 aromatic rings. The molecule has 0 radical (unpaired) electrons. The SMILES string of the molecule is O=C(NCCC1=CCCCC1)C(=O)NCC1CCN(c2ncccn2)CC1. The number of rotatable bonds is 6. The van der Waals surface area contributed by atoms with Gasteiger partial charge in [-0.1, -0.05) is 11.6 Å². The molecule has 27 heavy (non-hydrogen) atoms. The number of allylic oxidation sites excluding steroid dienone is 1. The van der Waals surface area contributed by atoms with Crippen molar-refractivity contribution < 1.29 is 9.59 Å². The average molecular weight is 371 g/mol. The molecule has 2 N–H and O–H groups in total. The van der Waals surface area contributed by atoms with Crippen molar-refractivity contribution in [1.82, 2.24) is 20.6 Å². The van der Waals surface area contributed by atoms with Gasteiger partial charge in [-0.3, -0.25) is 9.59 Å². The molecule has 0 aromatic carbocycles. The van der Waals surface area contributed by atoms with Crippen molar-refractivity contribution >= 4 is 17.8 Å². The largest absolute Gasteiger partial charge is 0.348 e. The predicted octanol–water partition coefficient (Wildman–Crippen LogP) is 1.82. The molecule has 2 amide bonds. The number of amides is 2. The van der Waals surface area contributed by atoms with Crippen LogP contribution in [0, 0.1) is 5.92 Å². The van der Waals surface area contributed by atoms with E-state index in [9.17, 15) is 9.59 Å². The van der Waals surface area contributed by atoms with E-state index in [1.165, 1.54) is 18.4 Å². The summed E-state index contributed by atoms with van der Waals surface area (Å²) in [5.41, 5.74) is 1.40. The summed E-state index contributed by atoms with van der Waals surface area (Å²) in [5.74, 6) is 0.0875. The van der Waals surface area contributed by atoms with Gasteiger partial charge in [-0.25, -0.2) is 9.97 Å². The zero-order chi connectivity index (χ0) is 18.9. The highest BCUT2D eigenvalue weighted by Gasteiger charge is 2.22. The van der Waals surface area contributed by atoms with Crippen LogP contribution < -0.4 is 15.5 Å². The van der Waals surface area contributed by atoms with E-state index in [0.29, 0.717) is 19.0 Å². The maximum absolute atomic E-state index is 12.0. The van der Waals surface area contributed by atoms with Gasteiger partial charge in [0.15, 0.2) is 0 Å². The van der Waals surface area contributed by atoms with Crippen LogP contribution >= 0.6 is 0 Å². The van der Waals surface area contributed by atoms with E-state index in [2.05, 4.69) is 31.6 Å². The monoisotopic (exact) mass is 371 g/mol. The molecular weight excluding hydrogens is 342 g/mol. The van der Waals surface area contributed by atoms with Gasteiger partial charge in [0.1, 0.15) is 0 Å². The molecule has 146 valence electrons. The first kappa shape index (κ1) is 19.3. The molecule has 7 nitrogen and oxygen atoms in total. The molecule has 0 spiro atoms. The molecule has 0 bridgehead atoms. The summed E-state index contributed by atoms with van der Waals surface area (Å²) in [6.07, 6.45) is 13.3. The highest BCUT2D eigenvalue weighted by atomic mass is 16.2. The topological polar surface area (TPSA) is 87.2 Å². The maximum atomic E-state index is 12.0. The Hall–Kier alpha value is -2.44. The second-order valence-corrected chi connectivity index (χ2v) is 7.30. The van der Waals surface area contributed by atoms with Crippen molar-refractivity contribution in [2.75, 3.05) is 31.1 Å². The molecule has 1 aliphatic carbocycles. The van der Waals surface area contributed by atoms with Gasteiger partial charge in [-0.15, -0.1) is 0 Å². The number of carbonyl (C=O) groups is 2. The first-order valence-corrected chi connectivity index (χ1v) is 9.98. The van der Waals surface area contributed by atoms with E-state index >= 15 is 0 Å². The van der Waals surface area contributed by atoms with Crippen LogP contribution in [-0.4, -0.2) is 48.0 Å². The van der Waals surface area contributed by atoms with Crippen molar-refractivity contribution in [2.24, 2.45) is 5.92 Å². The van der Waals surface area contributed by atoms with Crippen LogP contribution in [0.1, 0.15) is 44.9 Å². The molecule has 2 heterocycles. The van der Waals surface area contributed by atoms with E-state index in [-0.39, 0.29) is 0 Å². The number of aromatic nitrogens is 2. The second-order valence-electron chi connectivity index (χ2n) is 7.30. The third-order valence-electron chi connectivity index (χ3n) is 5.32. The summed E-state index contributed by atoms with van der Waals surface area (Å²) >= 11 is 0. The van der Waals surface area contributed by atoms with Crippen molar-refractivity contribution in [3.8, 4) is 0 Å². The van der Waals surface area contributed by atoms with Gasteiger partial charge in [-0.05, 0) is 56.9 Å². The zero-order valence-corrected chi connectivity index (χ0v) is 15.8. The molecule has 1 fully saturated rings. The van der Waals surface area contributed by atoms with Gasteiger partial charge in [0.2, 0.25) is 5.95 Å². The number of hydrogen-bond donors (Lipinski definition) is 2. The van der Waals surface area contributed by atoms with E-state index < -0.39 is 11.8 Å². The van der Waals surface area contributed by atoms with Crippen molar-refractivity contribution in [1.29, 1.82) is 0 Å². The molecule has 7 heteroatoms. The van der Waals surface area contributed by atoms with Crippen LogP contribution in [0.15, 0.2) is 30.1 Å². The highest BCUT2D eigenvalue weighted by Crippen LogP contribution is 2.20. The second kappa shape index (κ2) is 10.0. The number of carbonyl (C=O) groups excluding carboxylic acids is 2. The smallest absolute Gasteiger partial charge is 0.309 e. The summed E-state index contributed by atoms with van der Waals surface area (Å²) < 4.78 is 0. The lowest BCUT2D eigenvalue weighted by atomic mass is 9.97. The third-order valence-corrected chi connectivity index (χ3v) is 5.32. The predicted molar refractivity (Wildman–Crippen MR) is 104 cm³/mol. The van der Waals surface area contributed by atoms with Gasteiger partial charge in [0.05, 0.1) is 0 Å². The number of anilines is 1. The summed E-state index contributed by atoms with van der Waals surface area (Å²) in [4.78, 5) is 34.6. The Morgan fingerprint density at radius 1 is 1.07 bits per heavy atom. The number of nitrogens with one attached hydrogen (secondary N) is 2. The van der Waals surface area contributed by atoms with Gasteiger partial charge in [-0.2, -0.15) is 0 Å². The lowest BCUT2D eigenvalue weighted by molar-refractivity contribution is -0.139. The van der Waals surface area contributed by atoms with Crippen LogP contribution in [0.3, 0.4) is 0 Å². The third kappa shape index (κ3) is 6.05. The Kier molecular flexibility index (Phi) is 7.19. The van der Waals surface area contributed by atoms with Gasteiger partial charge in [0, 0.05) is 38.6 Å². The summed E-state index contributed by atoms with van der Waals surface area (Å²) in [6, 6.07) is 1.81. The van der Waals surface area contributed by atoms with Gasteiger partial charge in [0.25, 0.3) is 0 Å². The first-order chi connectivity index (χ1) is 13.2. The number of hydrogen-bond acceptors (Lipinski definition) is 5. The average Bonchev–Trinajstić information content (AvgIpc) is 2.73. The van der Waals surface area contributed by atoms with Crippen molar-refractivity contribution in [2.45, 2.75) is 44.9 Å². The summed E-state index contributed by atoms with van der Waals surface area (Å²) in [5, 5.41) is 5.51. The number of piperidine rings is 1. The van der Waals surface area contributed by atoms with Crippen molar-refractivity contribution in [3.05, 3.63) is 30.1 Å². The number of nitrogens with zero attached hydrogens (tertiary/aromatic N) is 3. The van der Waals surface area contributed by atoms with E-state index in [1.807, 2.05) is 6.07 Å². The highest BCUT2D eigenvalue weighted by molar-refractivity contribution is 6.35. The molecule has 0 unspecified atom stereocenters. The minimum absolute atomic E-state index is 0.383. The molecule has 0 saturated carbocycles. The molecule has 0 atom stereocenters. The fourth-order valence-electron chi connectivity index (χ4n) is 3.66. The molecule has 2 aliphatic rings. The lowest BCUT2D eigenvalue weighted by Crippen LogP contribution is -2.44. The fourth-order valence-corrected chi connectivity index (χ4v) is 3.66. The quantitative estimate of drug-likeness (QED) is 0.588. The fraction of sp³-hybridized carbons (Fsp3) is 0.600. The Labute approximate surface area is 160 Å². The Balaban J connectivity index is 1.31. The van der Waals surface area contributed by atoms with Crippen molar-refractivity contribution in [3.63, 3.8) is 0 Å².